The topological polar surface area (TPSA) is 56.7 Å². The normalized spacial score (nSPS) is 14.8. The summed E-state index contributed by atoms with van der Waals surface area (Å²) in [4.78, 5) is 8.87. The van der Waals surface area contributed by atoms with Gasteiger partial charge in [0.05, 0.1) is 22.4 Å². The molecule has 0 saturated heterocycles. The highest BCUT2D eigenvalue weighted by Gasteiger charge is 2.28. The first-order chi connectivity index (χ1) is 9.74. The van der Waals surface area contributed by atoms with Crippen LogP contribution in [0.4, 0.5) is 5.69 Å². The molecule has 0 bridgehead atoms. The Bertz CT molecular complexity index is 805. The van der Waals surface area contributed by atoms with E-state index in [1.54, 1.807) is 6.20 Å². The van der Waals surface area contributed by atoms with E-state index in [1.165, 1.54) is 12.8 Å². The van der Waals surface area contributed by atoms with E-state index in [0.29, 0.717) is 16.8 Å². The second kappa shape index (κ2) is 4.21. The van der Waals surface area contributed by atoms with E-state index in [-0.39, 0.29) is 0 Å². The Morgan fingerprint density at radius 1 is 1.25 bits per heavy atom. The van der Waals surface area contributed by atoms with Gasteiger partial charge in [0.15, 0.2) is 0 Å². The van der Waals surface area contributed by atoms with Crippen LogP contribution in [0.15, 0.2) is 36.7 Å². The average Bonchev–Trinajstić information content (AvgIpc) is 3.22. The fraction of sp³-hybridized carbons (Fsp3) is 0.200. The fourth-order valence-corrected chi connectivity index (χ4v) is 2.66. The van der Waals surface area contributed by atoms with Gasteiger partial charge in [-0.25, -0.2) is 4.98 Å². The molecule has 1 saturated carbocycles. The van der Waals surface area contributed by atoms with E-state index in [1.807, 2.05) is 30.5 Å². The third kappa shape index (κ3) is 1.76. The maximum atomic E-state index is 6.00. The van der Waals surface area contributed by atoms with Crippen molar-refractivity contribution in [1.29, 1.82) is 0 Å². The summed E-state index contributed by atoms with van der Waals surface area (Å²) in [6, 6.07) is 8.22. The number of anilines is 1. The molecule has 0 unspecified atom stereocenters. The second-order valence-corrected chi connectivity index (χ2v) is 5.54. The molecule has 1 aliphatic carbocycles. The number of halogens is 1. The number of hydrogen-bond acceptors (Lipinski definition) is 3. The summed E-state index contributed by atoms with van der Waals surface area (Å²) >= 11 is 6.00. The van der Waals surface area contributed by atoms with Crippen molar-refractivity contribution in [1.82, 2.24) is 14.5 Å². The van der Waals surface area contributed by atoms with Crippen molar-refractivity contribution in [2.45, 2.75) is 18.9 Å². The van der Waals surface area contributed by atoms with Crippen LogP contribution in [-0.2, 0) is 0 Å². The van der Waals surface area contributed by atoms with Crippen LogP contribution in [0.25, 0.3) is 22.4 Å². The molecule has 0 radical (unpaired) electrons. The predicted octanol–water partition coefficient (Wildman–Crippen LogP) is 3.67. The number of nitrogen functional groups attached to an aromatic ring is 1. The number of aromatic nitrogens is 3. The van der Waals surface area contributed by atoms with Crippen LogP contribution >= 0.6 is 11.6 Å². The van der Waals surface area contributed by atoms with Crippen molar-refractivity contribution < 1.29 is 0 Å². The van der Waals surface area contributed by atoms with Crippen molar-refractivity contribution >= 4 is 28.3 Å². The Labute approximate surface area is 121 Å². The van der Waals surface area contributed by atoms with Gasteiger partial charge in [0.25, 0.3) is 0 Å². The number of nitrogens with two attached hydrogens (primary N) is 1. The lowest BCUT2D eigenvalue weighted by atomic mass is 10.2. The lowest BCUT2D eigenvalue weighted by molar-refractivity contribution is 0.775. The highest BCUT2D eigenvalue weighted by molar-refractivity contribution is 6.33. The highest BCUT2D eigenvalue weighted by Crippen LogP contribution is 2.41. The van der Waals surface area contributed by atoms with Crippen molar-refractivity contribution in [3.63, 3.8) is 0 Å². The molecule has 1 fully saturated rings. The number of pyridine rings is 1. The summed E-state index contributed by atoms with van der Waals surface area (Å²) in [5.74, 6) is 0.943. The monoisotopic (exact) mass is 284 g/mol. The van der Waals surface area contributed by atoms with E-state index in [4.69, 9.17) is 22.3 Å². The molecule has 2 aromatic heterocycles. The zero-order valence-corrected chi connectivity index (χ0v) is 11.5. The number of hydrogen-bond donors (Lipinski definition) is 1. The fourth-order valence-electron chi connectivity index (χ4n) is 2.54. The average molecular weight is 285 g/mol. The minimum Gasteiger partial charge on any atom is -0.398 e. The largest absolute Gasteiger partial charge is 0.398 e. The molecule has 20 heavy (non-hydrogen) atoms. The van der Waals surface area contributed by atoms with Gasteiger partial charge in [-0.05, 0) is 37.1 Å². The summed E-state index contributed by atoms with van der Waals surface area (Å²) in [5, 5.41) is 0.574. The van der Waals surface area contributed by atoms with E-state index in [0.717, 1.165) is 22.4 Å². The molecule has 4 rings (SSSR count). The van der Waals surface area contributed by atoms with Crippen molar-refractivity contribution in [2.75, 3.05) is 5.73 Å². The number of nitrogens with zero attached hydrogens (tertiary/aromatic N) is 3. The van der Waals surface area contributed by atoms with Crippen molar-refractivity contribution in [3.05, 3.63) is 41.7 Å². The van der Waals surface area contributed by atoms with E-state index in [9.17, 15) is 0 Å². The summed E-state index contributed by atoms with van der Waals surface area (Å²) in [7, 11) is 0. The molecule has 5 heteroatoms. The van der Waals surface area contributed by atoms with Gasteiger partial charge in [-0.1, -0.05) is 11.6 Å². The molecule has 1 aromatic carbocycles. The van der Waals surface area contributed by atoms with E-state index in [2.05, 4.69) is 9.55 Å². The number of imidazole rings is 1. The zero-order valence-electron chi connectivity index (χ0n) is 10.8. The van der Waals surface area contributed by atoms with Crippen LogP contribution in [0, 0.1) is 0 Å². The van der Waals surface area contributed by atoms with E-state index < -0.39 is 0 Å². The molecule has 1 aliphatic rings. The maximum Gasteiger partial charge on any atom is 0.141 e. The Balaban J connectivity index is 1.98. The number of benzene rings is 1. The van der Waals surface area contributed by atoms with Gasteiger partial charge in [-0.3, -0.25) is 4.98 Å². The lowest BCUT2D eigenvalue weighted by Crippen LogP contribution is -1.98. The van der Waals surface area contributed by atoms with Gasteiger partial charge < -0.3 is 10.3 Å². The summed E-state index contributed by atoms with van der Waals surface area (Å²) in [5.41, 5.74) is 9.54. The minimum absolute atomic E-state index is 0.536. The smallest absolute Gasteiger partial charge is 0.141 e. The third-order valence-electron chi connectivity index (χ3n) is 3.66. The SMILES string of the molecule is Nc1cc(-c2nc3cnccc3n2C2CC2)ccc1Cl. The molecule has 0 aliphatic heterocycles. The number of rotatable bonds is 2. The maximum absolute atomic E-state index is 6.00. The lowest BCUT2D eigenvalue weighted by Gasteiger charge is -2.08. The molecule has 0 spiro atoms. The van der Waals surface area contributed by atoms with Crippen molar-refractivity contribution in [3.8, 4) is 11.4 Å². The quantitative estimate of drug-likeness (QED) is 0.731. The molecular formula is C15H13ClN4. The first-order valence-electron chi connectivity index (χ1n) is 6.61. The van der Waals surface area contributed by atoms with Crippen LogP contribution in [0.5, 0.6) is 0 Å². The van der Waals surface area contributed by atoms with Crippen LogP contribution < -0.4 is 5.73 Å². The Morgan fingerprint density at radius 2 is 2.10 bits per heavy atom. The summed E-state index contributed by atoms with van der Waals surface area (Å²) < 4.78 is 2.29. The second-order valence-electron chi connectivity index (χ2n) is 5.14. The Morgan fingerprint density at radius 3 is 2.85 bits per heavy atom. The summed E-state index contributed by atoms with van der Waals surface area (Å²) in [6.45, 7) is 0. The zero-order chi connectivity index (χ0) is 13.7. The Hall–Kier alpha value is -2.07. The van der Waals surface area contributed by atoms with Gasteiger partial charge in [-0.2, -0.15) is 0 Å². The van der Waals surface area contributed by atoms with E-state index >= 15 is 0 Å². The van der Waals surface area contributed by atoms with Gasteiger partial charge in [-0.15, -0.1) is 0 Å². The molecule has 2 heterocycles. The van der Waals surface area contributed by atoms with Crippen molar-refractivity contribution in [2.24, 2.45) is 0 Å². The first-order valence-corrected chi connectivity index (χ1v) is 6.99. The highest BCUT2D eigenvalue weighted by atomic mass is 35.5. The first kappa shape index (κ1) is 11.7. The van der Waals surface area contributed by atoms with Gasteiger partial charge in [0.1, 0.15) is 11.3 Å². The van der Waals surface area contributed by atoms with Gasteiger partial charge in [0.2, 0.25) is 0 Å². The molecule has 3 aromatic rings. The third-order valence-corrected chi connectivity index (χ3v) is 4.00. The number of fused-ring (bicyclic) bond motifs is 1. The molecule has 4 nitrogen and oxygen atoms in total. The Kier molecular flexibility index (Phi) is 2.47. The molecule has 2 N–H and O–H groups in total. The van der Waals surface area contributed by atoms with Gasteiger partial charge in [0, 0.05) is 17.8 Å². The van der Waals surface area contributed by atoms with Crippen LogP contribution in [-0.4, -0.2) is 14.5 Å². The summed E-state index contributed by atoms with van der Waals surface area (Å²) in [6.07, 6.45) is 6.01. The standard InChI is InChI=1S/C15H13ClN4/c16-11-4-1-9(7-12(11)17)15-19-13-8-18-6-5-14(13)20(15)10-2-3-10/h1,4-8,10H,2-3,17H2. The predicted molar refractivity (Wildman–Crippen MR) is 80.7 cm³/mol. The molecule has 0 amide bonds. The molecule has 100 valence electrons. The minimum atomic E-state index is 0.536. The van der Waals surface area contributed by atoms with Crippen LogP contribution in [0.3, 0.4) is 0 Å². The van der Waals surface area contributed by atoms with Crippen LogP contribution in [0.2, 0.25) is 5.02 Å². The molecule has 0 atom stereocenters. The molecular weight excluding hydrogens is 272 g/mol. The van der Waals surface area contributed by atoms with Gasteiger partial charge >= 0.3 is 0 Å². The van der Waals surface area contributed by atoms with Crippen LogP contribution in [0.1, 0.15) is 18.9 Å².